The van der Waals surface area contributed by atoms with E-state index in [1.54, 1.807) is 42.5 Å². The van der Waals surface area contributed by atoms with E-state index < -0.39 is 40.2 Å². The van der Waals surface area contributed by atoms with Gasteiger partial charge in [-0.1, -0.05) is 84.2 Å². The van der Waals surface area contributed by atoms with Crippen LogP contribution in [0.2, 0.25) is 10.0 Å². The Labute approximate surface area is 280 Å². The normalized spacial score (nSPS) is 12.7. The summed E-state index contributed by atoms with van der Waals surface area (Å²) in [6, 6.07) is 24.0. The Balaban J connectivity index is 1.84. The van der Waals surface area contributed by atoms with Crippen molar-refractivity contribution in [2.45, 2.75) is 57.1 Å². The SMILES string of the molecule is CCC(C)NC(=O)C(Cc1ccccc1)N(Cc1c(Cl)cccc1Cl)C(=O)CN(c1ccc(C)cc1)S(=O)(=O)c1ccc(F)cc1. The molecule has 0 fully saturated rings. The standard InChI is InChI=1S/C35H36Cl2FN3O4S/c1-4-25(3)39-35(43)33(21-26-9-6-5-7-10-26)40(22-30-31(36)11-8-12-32(30)37)34(42)23-41(28-17-13-24(2)14-18-28)46(44,45)29-19-15-27(38)16-20-29/h5-20,25,33H,4,21-23H2,1-3H3,(H,39,43). The Morgan fingerprint density at radius 3 is 2.07 bits per heavy atom. The number of sulfonamides is 1. The molecule has 4 aromatic rings. The van der Waals surface area contributed by atoms with E-state index in [4.69, 9.17) is 23.2 Å². The van der Waals surface area contributed by atoms with Crippen LogP contribution in [-0.4, -0.2) is 43.8 Å². The molecule has 46 heavy (non-hydrogen) atoms. The van der Waals surface area contributed by atoms with Crippen LogP contribution in [0.15, 0.2) is 102 Å². The Bertz CT molecular complexity index is 1740. The zero-order chi connectivity index (χ0) is 33.4. The number of amides is 2. The molecule has 0 aliphatic carbocycles. The van der Waals surface area contributed by atoms with Crippen molar-refractivity contribution in [2.75, 3.05) is 10.8 Å². The summed E-state index contributed by atoms with van der Waals surface area (Å²) in [4.78, 5) is 29.6. The summed E-state index contributed by atoms with van der Waals surface area (Å²) in [5.74, 6) is -1.67. The predicted octanol–water partition coefficient (Wildman–Crippen LogP) is 7.19. The Kier molecular flexibility index (Phi) is 11.8. The molecule has 0 saturated heterocycles. The van der Waals surface area contributed by atoms with Gasteiger partial charge in [0.25, 0.3) is 10.0 Å². The first kappa shape index (κ1) is 34.9. The minimum Gasteiger partial charge on any atom is -0.352 e. The van der Waals surface area contributed by atoms with Crippen molar-refractivity contribution in [2.24, 2.45) is 0 Å². The third-order valence-electron chi connectivity index (χ3n) is 7.66. The number of hydrogen-bond donors (Lipinski definition) is 1. The smallest absolute Gasteiger partial charge is 0.264 e. The molecule has 0 radical (unpaired) electrons. The summed E-state index contributed by atoms with van der Waals surface area (Å²) in [5.41, 5.74) is 2.32. The maximum absolute atomic E-state index is 14.5. The van der Waals surface area contributed by atoms with Crippen LogP contribution in [-0.2, 0) is 32.6 Å². The lowest BCUT2D eigenvalue weighted by Gasteiger charge is -2.34. The molecule has 0 spiro atoms. The molecule has 2 amide bonds. The van der Waals surface area contributed by atoms with Gasteiger partial charge in [-0.15, -0.1) is 0 Å². The first-order valence-electron chi connectivity index (χ1n) is 14.8. The zero-order valence-electron chi connectivity index (χ0n) is 25.8. The fraction of sp³-hybridized carbons (Fsp3) is 0.257. The van der Waals surface area contributed by atoms with Gasteiger partial charge < -0.3 is 10.2 Å². The van der Waals surface area contributed by atoms with Crippen molar-refractivity contribution in [1.29, 1.82) is 0 Å². The quantitative estimate of drug-likeness (QED) is 0.162. The number of hydrogen-bond acceptors (Lipinski definition) is 4. The molecule has 4 aromatic carbocycles. The maximum Gasteiger partial charge on any atom is 0.264 e. The van der Waals surface area contributed by atoms with Crippen molar-refractivity contribution >= 4 is 50.7 Å². The summed E-state index contributed by atoms with van der Waals surface area (Å²) in [6.45, 7) is 4.83. The molecule has 0 aliphatic heterocycles. The fourth-order valence-electron chi connectivity index (χ4n) is 4.82. The second-order valence-corrected chi connectivity index (χ2v) is 13.7. The number of nitrogens with zero attached hydrogens (tertiary/aromatic N) is 2. The summed E-state index contributed by atoms with van der Waals surface area (Å²) in [7, 11) is -4.36. The summed E-state index contributed by atoms with van der Waals surface area (Å²) in [6.07, 6.45) is 0.803. The number of benzene rings is 4. The van der Waals surface area contributed by atoms with Crippen LogP contribution in [0.25, 0.3) is 0 Å². The lowest BCUT2D eigenvalue weighted by molar-refractivity contribution is -0.140. The minimum atomic E-state index is -4.36. The molecule has 0 saturated carbocycles. The lowest BCUT2D eigenvalue weighted by atomic mass is 10.0. The first-order chi connectivity index (χ1) is 21.9. The van der Waals surface area contributed by atoms with E-state index in [0.717, 1.165) is 39.7 Å². The van der Waals surface area contributed by atoms with Crippen LogP contribution in [0.4, 0.5) is 10.1 Å². The van der Waals surface area contributed by atoms with Gasteiger partial charge in [-0.3, -0.25) is 13.9 Å². The van der Waals surface area contributed by atoms with Gasteiger partial charge in [0, 0.05) is 34.6 Å². The molecule has 0 bridgehead atoms. The highest BCUT2D eigenvalue weighted by molar-refractivity contribution is 7.92. The number of aryl methyl sites for hydroxylation is 1. The van der Waals surface area contributed by atoms with E-state index in [2.05, 4.69) is 5.32 Å². The van der Waals surface area contributed by atoms with Crippen molar-refractivity contribution in [1.82, 2.24) is 10.2 Å². The largest absolute Gasteiger partial charge is 0.352 e. The molecule has 0 aromatic heterocycles. The summed E-state index contributed by atoms with van der Waals surface area (Å²) < 4.78 is 42.8. The molecule has 2 unspecified atom stereocenters. The Hall–Kier alpha value is -3.92. The summed E-state index contributed by atoms with van der Waals surface area (Å²) in [5, 5.41) is 3.57. The van der Waals surface area contributed by atoms with Crippen molar-refractivity contribution in [3.8, 4) is 0 Å². The van der Waals surface area contributed by atoms with Gasteiger partial charge >= 0.3 is 0 Å². The van der Waals surface area contributed by atoms with Gasteiger partial charge in [0.2, 0.25) is 11.8 Å². The van der Waals surface area contributed by atoms with Crippen LogP contribution in [0.5, 0.6) is 0 Å². The number of anilines is 1. The van der Waals surface area contributed by atoms with Crippen LogP contribution in [0, 0.1) is 12.7 Å². The number of carbonyl (C=O) groups is 2. The van der Waals surface area contributed by atoms with E-state index in [0.29, 0.717) is 22.0 Å². The van der Waals surface area contributed by atoms with E-state index in [1.807, 2.05) is 51.1 Å². The van der Waals surface area contributed by atoms with Crippen molar-refractivity contribution < 1.29 is 22.4 Å². The number of halogens is 3. The van der Waals surface area contributed by atoms with Crippen molar-refractivity contribution in [3.63, 3.8) is 0 Å². The van der Waals surface area contributed by atoms with Gasteiger partial charge in [-0.05, 0) is 74.4 Å². The Morgan fingerprint density at radius 1 is 0.870 bits per heavy atom. The molecule has 11 heteroatoms. The molecule has 242 valence electrons. The lowest BCUT2D eigenvalue weighted by Crippen LogP contribution is -2.54. The van der Waals surface area contributed by atoms with Gasteiger partial charge in [-0.25, -0.2) is 12.8 Å². The average molecular weight is 685 g/mol. The number of carbonyl (C=O) groups excluding carboxylic acids is 2. The van der Waals surface area contributed by atoms with Crippen LogP contribution >= 0.6 is 23.2 Å². The highest BCUT2D eigenvalue weighted by Gasteiger charge is 2.35. The van der Waals surface area contributed by atoms with E-state index in [1.165, 1.54) is 4.90 Å². The zero-order valence-corrected chi connectivity index (χ0v) is 28.1. The average Bonchev–Trinajstić information content (AvgIpc) is 3.03. The second-order valence-electron chi connectivity index (χ2n) is 11.0. The monoisotopic (exact) mass is 683 g/mol. The highest BCUT2D eigenvalue weighted by atomic mass is 35.5. The topological polar surface area (TPSA) is 86.8 Å². The van der Waals surface area contributed by atoms with Crippen LogP contribution in [0.3, 0.4) is 0 Å². The van der Waals surface area contributed by atoms with Gasteiger partial charge in [0.1, 0.15) is 18.4 Å². The summed E-state index contributed by atoms with van der Waals surface area (Å²) >= 11 is 13.1. The molecule has 7 nitrogen and oxygen atoms in total. The first-order valence-corrected chi connectivity index (χ1v) is 17.0. The Morgan fingerprint density at radius 2 is 1.48 bits per heavy atom. The maximum atomic E-state index is 14.5. The van der Waals surface area contributed by atoms with Gasteiger partial charge in [0.05, 0.1) is 10.6 Å². The van der Waals surface area contributed by atoms with E-state index in [-0.39, 0.29) is 29.6 Å². The number of rotatable bonds is 13. The molecule has 2 atom stereocenters. The third kappa shape index (κ3) is 8.66. The molecular formula is C35H36Cl2FN3O4S. The highest BCUT2D eigenvalue weighted by Crippen LogP contribution is 2.29. The van der Waals surface area contributed by atoms with Crippen molar-refractivity contribution in [3.05, 3.63) is 130 Å². The van der Waals surface area contributed by atoms with Gasteiger partial charge in [0.15, 0.2) is 0 Å². The minimum absolute atomic E-state index is 0.145. The molecule has 1 N–H and O–H groups in total. The van der Waals surface area contributed by atoms with E-state index >= 15 is 0 Å². The molecular weight excluding hydrogens is 648 g/mol. The predicted molar refractivity (Wildman–Crippen MR) is 181 cm³/mol. The second kappa shape index (κ2) is 15.6. The third-order valence-corrected chi connectivity index (χ3v) is 10.2. The van der Waals surface area contributed by atoms with Crippen LogP contribution in [0.1, 0.15) is 37.0 Å². The fourth-order valence-corrected chi connectivity index (χ4v) is 6.75. The molecule has 0 aliphatic rings. The van der Waals surface area contributed by atoms with Gasteiger partial charge in [-0.2, -0.15) is 0 Å². The molecule has 4 rings (SSSR count). The molecule has 0 heterocycles. The van der Waals surface area contributed by atoms with Crippen LogP contribution < -0.4 is 9.62 Å². The van der Waals surface area contributed by atoms with E-state index in [9.17, 15) is 22.4 Å². The number of nitrogens with one attached hydrogen (secondary N) is 1.